The summed E-state index contributed by atoms with van der Waals surface area (Å²) >= 11 is 18.9. The highest BCUT2D eigenvalue weighted by atomic mass is 35.6. The van der Waals surface area contributed by atoms with Gasteiger partial charge in [-0.1, -0.05) is 87.2 Å². The van der Waals surface area contributed by atoms with Crippen LogP contribution in [0.3, 0.4) is 0 Å². The average molecular weight is 326 g/mol. The van der Waals surface area contributed by atoms with E-state index in [1.807, 2.05) is 0 Å². The SMILES string of the molecule is CC1CCCC([C@@H]2CCCCC(C)(C(Cl)(Cl)Cl)C2)C1. The summed E-state index contributed by atoms with van der Waals surface area (Å²) in [6.45, 7) is 4.58. The molecule has 0 aromatic heterocycles. The molecule has 3 unspecified atom stereocenters. The molecule has 2 fully saturated rings. The van der Waals surface area contributed by atoms with Crippen LogP contribution in [0.1, 0.15) is 71.6 Å². The van der Waals surface area contributed by atoms with E-state index in [1.54, 1.807) is 0 Å². The van der Waals surface area contributed by atoms with Gasteiger partial charge in [-0.2, -0.15) is 0 Å². The van der Waals surface area contributed by atoms with Crippen LogP contribution >= 0.6 is 34.8 Å². The second-order valence-electron chi connectivity index (χ2n) is 7.30. The Labute approximate surface area is 133 Å². The summed E-state index contributed by atoms with van der Waals surface area (Å²) in [4.78, 5) is 0. The van der Waals surface area contributed by atoms with Crippen LogP contribution in [0.5, 0.6) is 0 Å². The molecule has 19 heavy (non-hydrogen) atoms. The molecule has 0 heterocycles. The van der Waals surface area contributed by atoms with E-state index in [2.05, 4.69) is 13.8 Å². The fourth-order valence-corrected chi connectivity index (χ4v) is 4.79. The van der Waals surface area contributed by atoms with Crippen molar-refractivity contribution in [2.75, 3.05) is 0 Å². The van der Waals surface area contributed by atoms with Crippen LogP contribution in [0, 0.1) is 23.2 Å². The number of rotatable bonds is 1. The monoisotopic (exact) mass is 324 g/mol. The normalized spacial score (nSPS) is 41.8. The molecule has 2 aliphatic carbocycles. The van der Waals surface area contributed by atoms with Gasteiger partial charge in [0.25, 0.3) is 0 Å². The van der Waals surface area contributed by atoms with Gasteiger partial charge in [0.05, 0.1) is 0 Å². The third-order valence-electron chi connectivity index (χ3n) is 5.59. The Balaban J connectivity index is 2.08. The molecule has 0 N–H and O–H groups in total. The van der Waals surface area contributed by atoms with Crippen LogP contribution < -0.4 is 0 Å². The van der Waals surface area contributed by atoms with Gasteiger partial charge in [-0.25, -0.2) is 0 Å². The largest absolute Gasteiger partial charge is 0.195 e. The van der Waals surface area contributed by atoms with Crippen LogP contribution in [0.15, 0.2) is 0 Å². The lowest BCUT2D eigenvalue weighted by Crippen LogP contribution is -2.35. The van der Waals surface area contributed by atoms with Gasteiger partial charge >= 0.3 is 0 Å². The first kappa shape index (κ1) is 16.2. The molecule has 0 spiro atoms. The molecule has 0 saturated heterocycles. The summed E-state index contributed by atoms with van der Waals surface area (Å²) in [5, 5.41) is 0. The topological polar surface area (TPSA) is 0 Å². The highest BCUT2D eigenvalue weighted by Gasteiger charge is 2.47. The van der Waals surface area contributed by atoms with Crippen molar-refractivity contribution in [3.8, 4) is 0 Å². The van der Waals surface area contributed by atoms with E-state index >= 15 is 0 Å². The maximum Gasteiger partial charge on any atom is 0.195 e. The van der Waals surface area contributed by atoms with Gasteiger partial charge < -0.3 is 0 Å². The van der Waals surface area contributed by atoms with E-state index in [4.69, 9.17) is 34.8 Å². The van der Waals surface area contributed by atoms with Crippen LogP contribution in [-0.2, 0) is 0 Å². The highest BCUT2D eigenvalue weighted by molar-refractivity contribution is 6.68. The van der Waals surface area contributed by atoms with Crippen molar-refractivity contribution in [2.24, 2.45) is 23.2 Å². The summed E-state index contributed by atoms with van der Waals surface area (Å²) in [6, 6.07) is 0. The van der Waals surface area contributed by atoms with Gasteiger partial charge in [0.15, 0.2) is 3.79 Å². The summed E-state index contributed by atoms with van der Waals surface area (Å²) < 4.78 is -1.12. The van der Waals surface area contributed by atoms with Gasteiger partial charge in [-0.15, -0.1) is 0 Å². The lowest BCUT2D eigenvalue weighted by Gasteiger charge is -2.41. The van der Waals surface area contributed by atoms with Crippen molar-refractivity contribution < 1.29 is 0 Å². The summed E-state index contributed by atoms with van der Waals surface area (Å²) in [5.74, 6) is 2.53. The predicted octanol–water partition coefficient (Wildman–Crippen LogP) is 6.77. The molecule has 0 bridgehead atoms. The Hall–Kier alpha value is 0.870. The van der Waals surface area contributed by atoms with Crippen LogP contribution in [0.4, 0.5) is 0 Å². The third kappa shape index (κ3) is 3.95. The summed E-state index contributed by atoms with van der Waals surface area (Å²) in [7, 11) is 0. The van der Waals surface area contributed by atoms with Gasteiger partial charge in [0.1, 0.15) is 0 Å². The maximum absolute atomic E-state index is 6.29. The Morgan fingerprint density at radius 1 is 0.947 bits per heavy atom. The van der Waals surface area contributed by atoms with Crippen LogP contribution in [0.2, 0.25) is 0 Å². The second-order valence-corrected chi connectivity index (χ2v) is 9.58. The zero-order valence-electron chi connectivity index (χ0n) is 12.2. The minimum absolute atomic E-state index is 0.139. The standard InChI is InChI=1S/C16H27Cl3/c1-12-6-5-8-13(10-12)14-7-3-4-9-15(2,11-14)16(17,18)19/h12-14H,3-11H2,1-2H3/t12?,13?,14-,15?/m1/s1. The Morgan fingerprint density at radius 3 is 2.26 bits per heavy atom. The Kier molecular flexibility index (Phi) is 5.41. The number of hydrogen-bond donors (Lipinski definition) is 0. The maximum atomic E-state index is 6.29. The molecule has 0 aromatic carbocycles. The first-order chi connectivity index (χ1) is 8.82. The highest BCUT2D eigenvalue weighted by Crippen LogP contribution is 2.55. The molecule has 4 atom stereocenters. The van der Waals surface area contributed by atoms with E-state index in [9.17, 15) is 0 Å². The third-order valence-corrected chi connectivity index (χ3v) is 6.96. The summed E-state index contributed by atoms with van der Waals surface area (Å²) in [5.41, 5.74) is -0.139. The van der Waals surface area contributed by atoms with Crippen molar-refractivity contribution in [2.45, 2.75) is 75.4 Å². The van der Waals surface area contributed by atoms with Crippen LogP contribution in [-0.4, -0.2) is 3.79 Å². The van der Waals surface area contributed by atoms with E-state index < -0.39 is 3.79 Å². The zero-order valence-corrected chi connectivity index (χ0v) is 14.5. The van der Waals surface area contributed by atoms with E-state index in [0.29, 0.717) is 0 Å². The smallest absolute Gasteiger partial charge is 0.0831 e. The van der Waals surface area contributed by atoms with E-state index in [1.165, 1.54) is 44.9 Å². The molecule has 0 radical (unpaired) electrons. The molecular formula is C16H27Cl3. The lowest BCUT2D eigenvalue weighted by molar-refractivity contribution is 0.144. The lowest BCUT2D eigenvalue weighted by atomic mass is 9.69. The van der Waals surface area contributed by atoms with Crippen LogP contribution in [0.25, 0.3) is 0 Å². The minimum atomic E-state index is -1.12. The van der Waals surface area contributed by atoms with Crippen molar-refractivity contribution in [3.63, 3.8) is 0 Å². The van der Waals surface area contributed by atoms with Gasteiger partial charge in [0.2, 0.25) is 0 Å². The summed E-state index contributed by atoms with van der Waals surface area (Å²) in [6.07, 6.45) is 11.6. The van der Waals surface area contributed by atoms with E-state index in [-0.39, 0.29) is 5.41 Å². The first-order valence-corrected chi connectivity index (χ1v) is 9.02. The second kappa shape index (κ2) is 6.32. The number of halogens is 3. The predicted molar refractivity (Wildman–Crippen MR) is 86.1 cm³/mol. The van der Waals surface area contributed by atoms with Crippen molar-refractivity contribution >= 4 is 34.8 Å². The molecule has 2 aliphatic rings. The van der Waals surface area contributed by atoms with Gasteiger partial charge in [-0.3, -0.25) is 0 Å². The minimum Gasteiger partial charge on any atom is -0.0831 e. The molecule has 2 rings (SSSR count). The molecule has 0 aliphatic heterocycles. The van der Waals surface area contributed by atoms with Gasteiger partial charge in [-0.05, 0) is 37.0 Å². The van der Waals surface area contributed by atoms with Crippen molar-refractivity contribution in [3.05, 3.63) is 0 Å². The quantitative estimate of drug-likeness (QED) is 0.368. The molecule has 112 valence electrons. The van der Waals surface area contributed by atoms with Gasteiger partial charge in [0, 0.05) is 5.41 Å². The first-order valence-electron chi connectivity index (χ1n) is 7.88. The fourth-order valence-electron chi connectivity index (χ4n) is 4.27. The molecule has 0 nitrogen and oxygen atoms in total. The van der Waals surface area contributed by atoms with Crippen molar-refractivity contribution in [1.82, 2.24) is 0 Å². The molecule has 0 aromatic rings. The number of hydrogen-bond acceptors (Lipinski definition) is 0. The van der Waals surface area contributed by atoms with E-state index in [0.717, 1.165) is 30.6 Å². The average Bonchev–Trinajstić information content (AvgIpc) is 2.51. The molecule has 0 amide bonds. The zero-order chi connectivity index (χ0) is 14.1. The molecule has 2 saturated carbocycles. The Bertz CT molecular complexity index is 297. The molecular weight excluding hydrogens is 299 g/mol. The van der Waals surface area contributed by atoms with Crippen molar-refractivity contribution in [1.29, 1.82) is 0 Å². The number of alkyl halides is 3. The molecule has 3 heteroatoms. The Morgan fingerprint density at radius 2 is 1.63 bits per heavy atom. The fraction of sp³-hybridized carbons (Fsp3) is 1.00.